The third-order valence-electron chi connectivity index (χ3n) is 4.53. The molecule has 0 aromatic heterocycles. The molecule has 1 N–H and O–H groups in total. The Morgan fingerprint density at radius 3 is 2.66 bits per heavy atom. The highest BCUT2D eigenvalue weighted by Gasteiger charge is 2.36. The highest BCUT2D eigenvalue weighted by atomic mass is 79.9. The summed E-state index contributed by atoms with van der Waals surface area (Å²) in [6.45, 7) is -0.648. The molecule has 3 rings (SSSR count). The highest BCUT2D eigenvalue weighted by Crippen LogP contribution is 2.38. The van der Waals surface area contributed by atoms with Gasteiger partial charge in [0.2, 0.25) is 5.91 Å². The number of hydrogen-bond donors (Lipinski definition) is 1. The van der Waals surface area contributed by atoms with Gasteiger partial charge in [-0.05, 0) is 53.7 Å². The molecule has 1 saturated heterocycles. The molecule has 0 saturated carbocycles. The summed E-state index contributed by atoms with van der Waals surface area (Å²) in [6, 6.07) is 7.18. The maximum absolute atomic E-state index is 12.9. The number of thioether (sulfide) groups is 1. The van der Waals surface area contributed by atoms with E-state index >= 15 is 0 Å². The predicted octanol–water partition coefficient (Wildman–Crippen LogP) is 5.16. The molecule has 0 aliphatic carbocycles. The van der Waals surface area contributed by atoms with Crippen molar-refractivity contribution in [3.8, 4) is 23.8 Å². The van der Waals surface area contributed by atoms with Crippen molar-refractivity contribution in [3.63, 3.8) is 0 Å². The Labute approximate surface area is 210 Å². The fourth-order valence-electron chi connectivity index (χ4n) is 2.95. The van der Waals surface area contributed by atoms with E-state index in [9.17, 15) is 27.6 Å². The fraction of sp³-hybridized carbons (Fsp3) is 0.174. The number of carbonyl (C=O) groups is 3. The number of rotatable bonds is 7. The van der Waals surface area contributed by atoms with E-state index in [1.165, 1.54) is 19.3 Å². The summed E-state index contributed by atoms with van der Waals surface area (Å²) in [5, 5.41) is 1.57. The van der Waals surface area contributed by atoms with E-state index in [-0.39, 0.29) is 17.2 Å². The molecule has 2 aromatic rings. The minimum absolute atomic E-state index is 0.0175. The van der Waals surface area contributed by atoms with Crippen LogP contribution in [-0.2, 0) is 15.8 Å². The van der Waals surface area contributed by atoms with Crippen LogP contribution >= 0.6 is 27.7 Å². The summed E-state index contributed by atoms with van der Waals surface area (Å²) < 4.78 is 49.8. The van der Waals surface area contributed by atoms with E-state index in [1.54, 1.807) is 12.1 Å². The van der Waals surface area contributed by atoms with Gasteiger partial charge in [0.05, 0.1) is 17.6 Å². The van der Waals surface area contributed by atoms with Gasteiger partial charge in [-0.2, -0.15) is 13.2 Å². The summed E-state index contributed by atoms with van der Waals surface area (Å²) in [4.78, 5) is 38.2. The van der Waals surface area contributed by atoms with Crippen LogP contribution in [-0.4, -0.2) is 42.2 Å². The second-order valence-corrected chi connectivity index (χ2v) is 8.76. The molecule has 2 aromatic carbocycles. The van der Waals surface area contributed by atoms with E-state index in [2.05, 4.69) is 27.2 Å². The molecule has 1 heterocycles. The molecule has 0 bridgehead atoms. The van der Waals surface area contributed by atoms with Crippen LogP contribution < -0.4 is 14.8 Å². The molecule has 0 unspecified atom stereocenters. The van der Waals surface area contributed by atoms with Crippen molar-refractivity contribution < 1.29 is 37.0 Å². The molecular formula is C23H16BrF3N2O5S. The number of imide groups is 1. The second kappa shape index (κ2) is 10.9. The summed E-state index contributed by atoms with van der Waals surface area (Å²) in [5.41, 5.74) is -0.564. The third-order valence-corrected chi connectivity index (χ3v) is 6.12. The minimum atomic E-state index is -4.58. The standard InChI is InChI=1S/C23H16BrF3N2O5S/c1-3-7-34-18-11-16(24)13(8-17(18)33-2)9-19-21(31)29(22(32)35-19)12-20(30)28-15-6-4-5-14(10-15)23(25,26)27/h1,4-6,8-11H,7,12H2,2H3,(H,28,30)/b19-9-. The van der Waals surface area contributed by atoms with E-state index < -0.39 is 35.3 Å². The number of nitrogens with zero attached hydrogens (tertiary/aromatic N) is 1. The topological polar surface area (TPSA) is 84.9 Å². The van der Waals surface area contributed by atoms with Crippen LogP contribution in [0, 0.1) is 12.3 Å². The van der Waals surface area contributed by atoms with E-state index in [4.69, 9.17) is 15.9 Å². The number of amides is 3. The van der Waals surface area contributed by atoms with Crippen LogP contribution in [0.15, 0.2) is 45.8 Å². The number of carbonyl (C=O) groups excluding carboxylic acids is 3. The van der Waals surface area contributed by atoms with Crippen LogP contribution in [0.2, 0.25) is 0 Å². The number of methoxy groups -OCH3 is 1. The van der Waals surface area contributed by atoms with Crippen LogP contribution in [0.3, 0.4) is 0 Å². The lowest BCUT2D eigenvalue weighted by atomic mass is 10.2. The van der Waals surface area contributed by atoms with Crippen LogP contribution in [0.4, 0.5) is 23.7 Å². The molecule has 12 heteroatoms. The van der Waals surface area contributed by atoms with Crippen LogP contribution in [0.1, 0.15) is 11.1 Å². The zero-order chi connectivity index (χ0) is 25.8. The number of anilines is 1. The van der Waals surface area contributed by atoms with E-state index in [0.29, 0.717) is 38.2 Å². The van der Waals surface area contributed by atoms with Gasteiger partial charge in [-0.25, -0.2) is 0 Å². The van der Waals surface area contributed by atoms with Crippen LogP contribution in [0.25, 0.3) is 6.08 Å². The lowest BCUT2D eigenvalue weighted by molar-refractivity contribution is -0.137. The number of benzene rings is 2. The monoisotopic (exact) mass is 568 g/mol. The maximum Gasteiger partial charge on any atom is 0.416 e. The van der Waals surface area contributed by atoms with E-state index in [1.807, 2.05) is 0 Å². The minimum Gasteiger partial charge on any atom is -0.493 e. The average molecular weight is 569 g/mol. The summed E-state index contributed by atoms with van der Waals surface area (Å²) in [6.07, 6.45) is 2.05. The molecule has 0 spiro atoms. The smallest absolute Gasteiger partial charge is 0.416 e. The van der Waals surface area contributed by atoms with Gasteiger partial charge in [-0.3, -0.25) is 19.3 Å². The van der Waals surface area contributed by atoms with Gasteiger partial charge in [0.25, 0.3) is 11.1 Å². The zero-order valence-corrected chi connectivity index (χ0v) is 20.3. The number of hydrogen-bond acceptors (Lipinski definition) is 6. The number of alkyl halides is 3. The largest absolute Gasteiger partial charge is 0.493 e. The molecule has 1 aliphatic heterocycles. The molecule has 0 atom stereocenters. The number of terminal acetylenes is 1. The Bertz CT molecular complexity index is 1260. The second-order valence-electron chi connectivity index (χ2n) is 6.91. The Balaban J connectivity index is 1.75. The summed E-state index contributed by atoms with van der Waals surface area (Å²) in [5.74, 6) is 1.50. The first-order valence-electron chi connectivity index (χ1n) is 9.69. The molecule has 7 nitrogen and oxygen atoms in total. The third kappa shape index (κ3) is 6.37. The first-order valence-corrected chi connectivity index (χ1v) is 11.3. The Hall–Kier alpha value is -3.43. The lowest BCUT2D eigenvalue weighted by Gasteiger charge is -2.13. The van der Waals surface area contributed by atoms with Gasteiger partial charge in [-0.1, -0.05) is 27.9 Å². The molecular weight excluding hydrogens is 553 g/mol. The van der Waals surface area contributed by atoms with Gasteiger partial charge in [0, 0.05) is 10.2 Å². The fourth-order valence-corrected chi connectivity index (χ4v) is 4.21. The van der Waals surface area contributed by atoms with E-state index in [0.717, 1.165) is 18.2 Å². The van der Waals surface area contributed by atoms with Crippen molar-refractivity contribution >= 4 is 56.5 Å². The quantitative estimate of drug-likeness (QED) is 0.366. The van der Waals surface area contributed by atoms with Gasteiger partial charge in [0.15, 0.2) is 11.5 Å². The molecule has 3 amide bonds. The van der Waals surface area contributed by atoms with Gasteiger partial charge < -0.3 is 14.8 Å². The predicted molar refractivity (Wildman–Crippen MR) is 128 cm³/mol. The SMILES string of the molecule is C#CCOc1cc(Br)c(/C=C2\SC(=O)N(CC(=O)Nc3cccc(C(F)(F)F)c3)C2=O)cc1OC. The van der Waals surface area contributed by atoms with Gasteiger partial charge in [-0.15, -0.1) is 6.42 Å². The molecule has 0 radical (unpaired) electrons. The zero-order valence-electron chi connectivity index (χ0n) is 17.9. The van der Waals surface area contributed by atoms with Crippen molar-refractivity contribution in [2.75, 3.05) is 25.6 Å². The number of halogens is 4. The molecule has 1 fully saturated rings. The Morgan fingerprint density at radius 2 is 2.00 bits per heavy atom. The van der Waals surface area contributed by atoms with Crippen LogP contribution in [0.5, 0.6) is 11.5 Å². The van der Waals surface area contributed by atoms with Gasteiger partial charge in [0.1, 0.15) is 13.2 Å². The molecule has 35 heavy (non-hydrogen) atoms. The average Bonchev–Trinajstić information content (AvgIpc) is 3.05. The maximum atomic E-state index is 12.9. The van der Waals surface area contributed by atoms with Crippen molar-refractivity contribution in [2.45, 2.75) is 6.18 Å². The van der Waals surface area contributed by atoms with Crippen molar-refractivity contribution in [1.82, 2.24) is 4.90 Å². The normalized spacial score (nSPS) is 14.7. The Morgan fingerprint density at radius 1 is 1.26 bits per heavy atom. The first kappa shape index (κ1) is 26.2. The molecule has 182 valence electrons. The first-order chi connectivity index (χ1) is 16.5. The lowest BCUT2D eigenvalue weighted by Crippen LogP contribution is -2.36. The summed E-state index contributed by atoms with van der Waals surface area (Å²) >= 11 is 3.98. The van der Waals surface area contributed by atoms with Crippen molar-refractivity contribution in [3.05, 3.63) is 56.9 Å². The number of nitrogens with one attached hydrogen (secondary N) is 1. The van der Waals surface area contributed by atoms with Crippen molar-refractivity contribution in [1.29, 1.82) is 0 Å². The summed E-state index contributed by atoms with van der Waals surface area (Å²) in [7, 11) is 1.42. The Kier molecular flexibility index (Phi) is 8.14. The van der Waals surface area contributed by atoms with Crippen molar-refractivity contribution in [2.24, 2.45) is 0 Å². The molecule has 1 aliphatic rings. The van der Waals surface area contributed by atoms with Gasteiger partial charge >= 0.3 is 6.18 Å². The number of ether oxygens (including phenoxy) is 2. The highest BCUT2D eigenvalue weighted by molar-refractivity contribution is 9.10.